The van der Waals surface area contributed by atoms with Crippen molar-refractivity contribution in [1.82, 2.24) is 14.3 Å². The summed E-state index contributed by atoms with van der Waals surface area (Å²) >= 11 is 0. The molecule has 35 heavy (non-hydrogen) atoms. The number of para-hydroxylation sites is 3. The van der Waals surface area contributed by atoms with Gasteiger partial charge < -0.3 is 19.9 Å². The molecule has 0 aliphatic carbocycles. The summed E-state index contributed by atoms with van der Waals surface area (Å²) in [6.07, 6.45) is 0.115. The third-order valence-corrected chi connectivity index (χ3v) is 6.44. The van der Waals surface area contributed by atoms with Crippen molar-refractivity contribution in [2.45, 2.75) is 19.8 Å². The van der Waals surface area contributed by atoms with E-state index in [1.165, 1.54) is 4.68 Å². The number of carbonyl (C=O) groups is 2. The summed E-state index contributed by atoms with van der Waals surface area (Å²) in [6.45, 7) is 4.33. The largest absolute Gasteiger partial charge is 0.495 e. The zero-order chi connectivity index (χ0) is 24.9. The summed E-state index contributed by atoms with van der Waals surface area (Å²) in [5.41, 5.74) is 2.31. The molecule has 1 fully saturated rings. The quantitative estimate of drug-likeness (QED) is 0.565. The van der Waals surface area contributed by atoms with Crippen LogP contribution in [0.4, 0.5) is 11.4 Å². The number of nitrogens with one attached hydrogen (secondary N) is 1. The van der Waals surface area contributed by atoms with Crippen molar-refractivity contribution in [3.05, 3.63) is 70.6 Å². The fourth-order valence-corrected chi connectivity index (χ4v) is 4.38. The molecule has 0 radical (unpaired) electrons. The molecule has 184 valence electrons. The number of hydrogen-bond donors (Lipinski definition) is 1. The van der Waals surface area contributed by atoms with E-state index in [1.54, 1.807) is 30.7 Å². The molecule has 1 aromatic heterocycles. The average Bonchev–Trinajstić information content (AvgIpc) is 3.10. The van der Waals surface area contributed by atoms with Gasteiger partial charge in [-0.25, -0.2) is 4.68 Å². The van der Waals surface area contributed by atoms with E-state index in [4.69, 9.17) is 4.74 Å². The molecule has 0 unspecified atom stereocenters. The Balaban J connectivity index is 1.32. The second-order valence-electron chi connectivity index (χ2n) is 8.52. The van der Waals surface area contributed by atoms with Crippen LogP contribution in [0.1, 0.15) is 18.5 Å². The monoisotopic (exact) mass is 477 g/mol. The smallest absolute Gasteiger partial charge is 0.295 e. The van der Waals surface area contributed by atoms with Crippen LogP contribution < -0.4 is 20.5 Å². The molecule has 1 aliphatic rings. The molecular formula is C26H31N5O4. The number of carbonyl (C=O) groups excluding carboxylic acids is 2. The maximum absolute atomic E-state index is 13.0. The number of anilines is 2. The number of nitrogens with zero attached hydrogens (tertiary/aromatic N) is 4. The van der Waals surface area contributed by atoms with Gasteiger partial charge in [0.2, 0.25) is 11.8 Å². The van der Waals surface area contributed by atoms with E-state index in [9.17, 15) is 14.4 Å². The number of rotatable bonds is 7. The van der Waals surface area contributed by atoms with Crippen molar-refractivity contribution < 1.29 is 14.3 Å². The van der Waals surface area contributed by atoms with Crippen LogP contribution in [0, 0.1) is 6.92 Å². The van der Waals surface area contributed by atoms with E-state index < -0.39 is 0 Å². The Morgan fingerprint density at radius 2 is 1.60 bits per heavy atom. The standard InChI is InChI=1S/C26H31N5O4/c1-19-25(26(34)31(28(19)2)20-9-5-4-6-10-20)27-23(32)13-14-24(33)30-17-15-29(16-18-30)21-11-7-8-12-22(21)35-3/h4-12H,13-18H2,1-3H3,(H,27,32). The van der Waals surface area contributed by atoms with Gasteiger partial charge in [0, 0.05) is 46.1 Å². The van der Waals surface area contributed by atoms with Crippen molar-refractivity contribution in [2.24, 2.45) is 7.05 Å². The normalized spacial score (nSPS) is 13.6. The number of benzene rings is 2. The van der Waals surface area contributed by atoms with Crippen LogP contribution in [-0.2, 0) is 16.6 Å². The van der Waals surface area contributed by atoms with Gasteiger partial charge in [0.05, 0.1) is 24.2 Å². The third-order valence-electron chi connectivity index (χ3n) is 6.44. The van der Waals surface area contributed by atoms with Crippen molar-refractivity contribution in [1.29, 1.82) is 0 Å². The van der Waals surface area contributed by atoms with E-state index in [0.29, 0.717) is 37.6 Å². The molecule has 1 N–H and O–H groups in total. The first-order valence-corrected chi connectivity index (χ1v) is 11.7. The summed E-state index contributed by atoms with van der Waals surface area (Å²) in [6, 6.07) is 17.1. The van der Waals surface area contributed by atoms with Gasteiger partial charge in [-0.2, -0.15) is 0 Å². The van der Waals surface area contributed by atoms with Gasteiger partial charge in [-0.05, 0) is 31.2 Å². The molecule has 1 saturated heterocycles. The van der Waals surface area contributed by atoms with E-state index in [1.807, 2.05) is 54.6 Å². The summed E-state index contributed by atoms with van der Waals surface area (Å²) in [4.78, 5) is 42.3. The van der Waals surface area contributed by atoms with Crippen molar-refractivity contribution in [2.75, 3.05) is 43.5 Å². The van der Waals surface area contributed by atoms with E-state index in [-0.39, 0.29) is 35.9 Å². The van der Waals surface area contributed by atoms with Crippen molar-refractivity contribution in [3.8, 4) is 11.4 Å². The Morgan fingerprint density at radius 3 is 2.29 bits per heavy atom. The fourth-order valence-electron chi connectivity index (χ4n) is 4.38. The molecule has 9 heteroatoms. The molecule has 4 rings (SSSR count). The molecule has 1 aliphatic heterocycles. The van der Waals surface area contributed by atoms with Gasteiger partial charge in [0.25, 0.3) is 5.56 Å². The second-order valence-corrected chi connectivity index (χ2v) is 8.52. The highest BCUT2D eigenvalue weighted by Crippen LogP contribution is 2.28. The van der Waals surface area contributed by atoms with Gasteiger partial charge in [0.15, 0.2) is 0 Å². The van der Waals surface area contributed by atoms with Gasteiger partial charge in [-0.1, -0.05) is 30.3 Å². The highest BCUT2D eigenvalue weighted by atomic mass is 16.5. The minimum absolute atomic E-state index is 0.0185. The van der Waals surface area contributed by atoms with Crippen molar-refractivity contribution >= 4 is 23.2 Å². The maximum atomic E-state index is 13.0. The minimum atomic E-state index is -0.350. The van der Waals surface area contributed by atoms with Crippen LogP contribution >= 0.6 is 0 Å². The Labute approximate surface area is 204 Å². The summed E-state index contributed by atoms with van der Waals surface area (Å²) < 4.78 is 8.66. The van der Waals surface area contributed by atoms with E-state index in [0.717, 1.165) is 11.4 Å². The number of aromatic nitrogens is 2. The van der Waals surface area contributed by atoms with E-state index in [2.05, 4.69) is 10.2 Å². The summed E-state index contributed by atoms with van der Waals surface area (Å²) in [5.74, 6) is 0.398. The molecule has 3 aromatic rings. The molecule has 0 saturated carbocycles. The number of ether oxygens (including phenoxy) is 1. The number of methoxy groups -OCH3 is 1. The predicted molar refractivity (Wildman–Crippen MR) is 135 cm³/mol. The van der Waals surface area contributed by atoms with Gasteiger partial charge in [-0.15, -0.1) is 0 Å². The second kappa shape index (κ2) is 10.5. The van der Waals surface area contributed by atoms with Gasteiger partial charge in [-0.3, -0.25) is 19.1 Å². The lowest BCUT2D eigenvalue weighted by Crippen LogP contribution is -2.49. The first-order valence-electron chi connectivity index (χ1n) is 11.7. The first kappa shape index (κ1) is 24.1. The van der Waals surface area contributed by atoms with Gasteiger partial charge >= 0.3 is 0 Å². The summed E-state index contributed by atoms with van der Waals surface area (Å²) in [5, 5.41) is 2.72. The van der Waals surface area contributed by atoms with E-state index >= 15 is 0 Å². The molecule has 2 aromatic carbocycles. The molecule has 9 nitrogen and oxygen atoms in total. The number of piperazine rings is 1. The maximum Gasteiger partial charge on any atom is 0.295 e. The highest BCUT2D eigenvalue weighted by Gasteiger charge is 2.24. The fraction of sp³-hybridized carbons (Fsp3) is 0.346. The van der Waals surface area contributed by atoms with Crippen LogP contribution in [-0.4, -0.2) is 59.4 Å². The predicted octanol–water partition coefficient (Wildman–Crippen LogP) is 2.56. The molecule has 0 spiro atoms. The number of hydrogen-bond acceptors (Lipinski definition) is 5. The SMILES string of the molecule is COc1ccccc1N1CCN(C(=O)CCC(=O)Nc2c(C)n(C)n(-c3ccccc3)c2=O)CC1. The lowest BCUT2D eigenvalue weighted by Gasteiger charge is -2.36. The number of amides is 2. The van der Waals surface area contributed by atoms with Crippen LogP contribution in [0.25, 0.3) is 5.69 Å². The average molecular weight is 478 g/mol. The Morgan fingerprint density at radius 1 is 0.943 bits per heavy atom. The van der Waals surface area contributed by atoms with Crippen LogP contribution in [0.3, 0.4) is 0 Å². The zero-order valence-electron chi connectivity index (χ0n) is 20.4. The Kier molecular flexibility index (Phi) is 7.24. The highest BCUT2D eigenvalue weighted by molar-refractivity contribution is 5.93. The van der Waals surface area contributed by atoms with Crippen LogP contribution in [0.2, 0.25) is 0 Å². The van der Waals surface area contributed by atoms with Crippen LogP contribution in [0.15, 0.2) is 59.4 Å². The first-order chi connectivity index (χ1) is 16.9. The van der Waals surface area contributed by atoms with Crippen LogP contribution in [0.5, 0.6) is 5.75 Å². The third kappa shape index (κ3) is 5.08. The van der Waals surface area contributed by atoms with Crippen molar-refractivity contribution in [3.63, 3.8) is 0 Å². The Bertz CT molecular complexity index is 1260. The zero-order valence-corrected chi connectivity index (χ0v) is 20.4. The molecule has 0 bridgehead atoms. The molecule has 2 heterocycles. The lowest BCUT2D eigenvalue weighted by atomic mass is 10.2. The lowest BCUT2D eigenvalue weighted by molar-refractivity contribution is -0.133. The molecule has 0 atom stereocenters. The summed E-state index contributed by atoms with van der Waals surface area (Å²) in [7, 11) is 3.42. The molecule has 2 amide bonds. The van der Waals surface area contributed by atoms with Gasteiger partial charge in [0.1, 0.15) is 11.4 Å². The Hall–Kier alpha value is -4.01. The topological polar surface area (TPSA) is 88.8 Å². The minimum Gasteiger partial charge on any atom is -0.495 e. The molecular weight excluding hydrogens is 446 g/mol.